The second-order valence-corrected chi connectivity index (χ2v) is 7.83. The number of nitrogens with one attached hydrogen (secondary N) is 2. The first kappa shape index (κ1) is 21.7. The lowest BCUT2D eigenvalue weighted by molar-refractivity contribution is -0.114. The molecule has 1 aliphatic heterocycles. The van der Waals surface area contributed by atoms with Crippen LogP contribution in [-0.4, -0.2) is 43.0 Å². The molecule has 2 N–H and O–H groups in total. The molecule has 30 heavy (non-hydrogen) atoms. The zero-order valence-corrected chi connectivity index (χ0v) is 17.8. The third-order valence-corrected chi connectivity index (χ3v) is 5.25. The van der Waals surface area contributed by atoms with Crippen LogP contribution in [0.4, 0.5) is 11.4 Å². The lowest BCUT2D eigenvalue weighted by Crippen LogP contribution is -2.37. The molecule has 2 amide bonds. The summed E-state index contributed by atoms with van der Waals surface area (Å²) in [5, 5.41) is 5.96. The Bertz CT molecular complexity index is 843. The summed E-state index contributed by atoms with van der Waals surface area (Å²) in [7, 11) is 0. The Hall–Kier alpha value is -3.02. The third kappa shape index (κ3) is 6.24. The largest absolute Gasteiger partial charge is 0.494 e. The average molecular weight is 410 g/mol. The fourth-order valence-corrected chi connectivity index (χ4v) is 3.40. The molecule has 0 unspecified atom stereocenters. The molecule has 6 heteroatoms. The van der Waals surface area contributed by atoms with Gasteiger partial charge in [0.2, 0.25) is 5.91 Å². The Kier molecular flexibility index (Phi) is 7.71. The number of benzene rings is 2. The third-order valence-electron chi connectivity index (χ3n) is 5.25. The lowest BCUT2D eigenvalue weighted by Gasteiger charge is -2.30. The van der Waals surface area contributed by atoms with Crippen molar-refractivity contribution in [3.63, 3.8) is 0 Å². The predicted molar refractivity (Wildman–Crippen MR) is 120 cm³/mol. The molecule has 160 valence electrons. The molecule has 2 aromatic rings. The van der Waals surface area contributed by atoms with Gasteiger partial charge in [0.25, 0.3) is 5.91 Å². The van der Waals surface area contributed by atoms with Crippen molar-refractivity contribution >= 4 is 23.2 Å². The smallest absolute Gasteiger partial charge is 0.253 e. The van der Waals surface area contributed by atoms with Gasteiger partial charge in [-0.05, 0) is 61.6 Å². The number of nitrogens with zero attached hydrogens (tertiary/aromatic N) is 1. The van der Waals surface area contributed by atoms with Crippen LogP contribution in [0, 0.1) is 5.92 Å². The number of carbonyl (C=O) groups is 2. The standard InChI is InChI=1S/C24H31N3O3/c1-3-15-30-22-6-4-5-21(16-22)26-23(28)17-25-20-9-7-19(8-10-20)24(29)27-13-11-18(2)12-14-27/h4-10,16,18,25H,3,11-15,17H2,1-2H3,(H,26,28). The van der Waals surface area contributed by atoms with Crippen LogP contribution in [0.2, 0.25) is 0 Å². The molecule has 0 spiro atoms. The number of likely N-dealkylation sites (tertiary alicyclic amines) is 1. The van der Waals surface area contributed by atoms with E-state index >= 15 is 0 Å². The highest BCUT2D eigenvalue weighted by atomic mass is 16.5. The molecule has 1 aliphatic rings. The topological polar surface area (TPSA) is 70.7 Å². The van der Waals surface area contributed by atoms with Crippen molar-refractivity contribution in [3.8, 4) is 5.75 Å². The molecule has 0 bridgehead atoms. The van der Waals surface area contributed by atoms with Crippen LogP contribution in [0.1, 0.15) is 43.5 Å². The second kappa shape index (κ2) is 10.7. The van der Waals surface area contributed by atoms with Crippen LogP contribution in [-0.2, 0) is 4.79 Å². The predicted octanol–water partition coefficient (Wildman–Crippen LogP) is 4.40. The molecular weight excluding hydrogens is 378 g/mol. The van der Waals surface area contributed by atoms with Crippen molar-refractivity contribution in [2.24, 2.45) is 5.92 Å². The summed E-state index contributed by atoms with van der Waals surface area (Å²) in [5.74, 6) is 1.37. The number of piperidine rings is 1. The molecule has 2 aromatic carbocycles. The summed E-state index contributed by atoms with van der Waals surface area (Å²) in [4.78, 5) is 26.8. The van der Waals surface area contributed by atoms with Gasteiger partial charge in [-0.3, -0.25) is 9.59 Å². The first-order valence-electron chi connectivity index (χ1n) is 10.7. The van der Waals surface area contributed by atoms with Gasteiger partial charge < -0.3 is 20.3 Å². The van der Waals surface area contributed by atoms with Gasteiger partial charge >= 0.3 is 0 Å². The van der Waals surface area contributed by atoms with Gasteiger partial charge in [-0.1, -0.05) is 19.9 Å². The van der Waals surface area contributed by atoms with Gasteiger partial charge in [-0.25, -0.2) is 0 Å². The SMILES string of the molecule is CCCOc1cccc(NC(=O)CNc2ccc(C(=O)N3CCC(C)CC3)cc2)c1. The lowest BCUT2D eigenvalue weighted by atomic mass is 9.98. The summed E-state index contributed by atoms with van der Waals surface area (Å²) in [5.41, 5.74) is 2.18. The maximum absolute atomic E-state index is 12.6. The highest BCUT2D eigenvalue weighted by Gasteiger charge is 2.21. The molecule has 1 saturated heterocycles. The Balaban J connectivity index is 1.47. The Morgan fingerprint density at radius 2 is 1.80 bits per heavy atom. The molecule has 3 rings (SSSR count). The minimum absolute atomic E-state index is 0.0800. The van der Waals surface area contributed by atoms with E-state index < -0.39 is 0 Å². The summed E-state index contributed by atoms with van der Waals surface area (Å²) >= 11 is 0. The highest BCUT2D eigenvalue weighted by molar-refractivity contribution is 5.95. The number of hydrogen-bond donors (Lipinski definition) is 2. The first-order chi connectivity index (χ1) is 14.5. The van der Waals surface area contributed by atoms with Crippen LogP contribution < -0.4 is 15.4 Å². The number of carbonyl (C=O) groups excluding carboxylic acids is 2. The fraction of sp³-hybridized carbons (Fsp3) is 0.417. The van der Waals surface area contributed by atoms with Gasteiger partial charge in [-0.2, -0.15) is 0 Å². The van der Waals surface area contributed by atoms with Gasteiger partial charge in [0.15, 0.2) is 0 Å². The Labute approximate surface area is 178 Å². The van der Waals surface area contributed by atoms with Gasteiger partial charge in [0.1, 0.15) is 5.75 Å². The molecule has 1 fully saturated rings. The maximum atomic E-state index is 12.6. The Morgan fingerprint density at radius 3 is 2.50 bits per heavy atom. The molecular formula is C24H31N3O3. The van der Waals surface area contributed by atoms with E-state index in [1.165, 1.54) is 0 Å². The average Bonchev–Trinajstić information content (AvgIpc) is 2.77. The van der Waals surface area contributed by atoms with Gasteiger partial charge in [-0.15, -0.1) is 0 Å². The first-order valence-corrected chi connectivity index (χ1v) is 10.7. The maximum Gasteiger partial charge on any atom is 0.253 e. The normalized spacial score (nSPS) is 14.3. The van der Waals surface area contributed by atoms with Crippen molar-refractivity contribution in [2.75, 3.05) is 36.9 Å². The fourth-order valence-electron chi connectivity index (χ4n) is 3.40. The van der Waals surface area contributed by atoms with Gasteiger partial charge in [0.05, 0.1) is 13.2 Å². The summed E-state index contributed by atoms with van der Waals surface area (Å²) < 4.78 is 5.59. The molecule has 6 nitrogen and oxygen atoms in total. The molecule has 0 aromatic heterocycles. The number of hydrogen-bond acceptors (Lipinski definition) is 4. The van der Waals surface area contributed by atoms with E-state index in [4.69, 9.17) is 4.74 Å². The van der Waals surface area contributed by atoms with Crippen molar-refractivity contribution < 1.29 is 14.3 Å². The van der Waals surface area contributed by atoms with Crippen LogP contribution in [0.25, 0.3) is 0 Å². The second-order valence-electron chi connectivity index (χ2n) is 7.83. The number of amides is 2. The van der Waals surface area contributed by atoms with E-state index in [0.717, 1.165) is 43.8 Å². The minimum atomic E-state index is -0.148. The summed E-state index contributed by atoms with van der Waals surface area (Å²) in [6.45, 7) is 6.71. The molecule has 0 radical (unpaired) electrons. The Morgan fingerprint density at radius 1 is 1.07 bits per heavy atom. The number of ether oxygens (including phenoxy) is 1. The minimum Gasteiger partial charge on any atom is -0.494 e. The van der Waals surface area contributed by atoms with Crippen LogP contribution >= 0.6 is 0 Å². The van der Waals surface area contributed by atoms with E-state index in [9.17, 15) is 9.59 Å². The van der Waals surface area contributed by atoms with E-state index in [0.29, 0.717) is 23.8 Å². The molecule has 0 atom stereocenters. The number of rotatable bonds is 8. The zero-order valence-electron chi connectivity index (χ0n) is 17.8. The van der Waals surface area contributed by atoms with Crippen LogP contribution in [0.5, 0.6) is 5.75 Å². The van der Waals surface area contributed by atoms with Crippen molar-refractivity contribution in [1.82, 2.24) is 4.90 Å². The van der Waals surface area contributed by atoms with E-state index in [-0.39, 0.29) is 18.4 Å². The van der Waals surface area contributed by atoms with E-state index in [1.54, 1.807) is 0 Å². The molecule has 0 saturated carbocycles. The van der Waals surface area contributed by atoms with E-state index in [2.05, 4.69) is 17.6 Å². The van der Waals surface area contributed by atoms with Crippen molar-refractivity contribution in [2.45, 2.75) is 33.1 Å². The summed E-state index contributed by atoms with van der Waals surface area (Å²) in [6.07, 6.45) is 3.06. The summed E-state index contributed by atoms with van der Waals surface area (Å²) in [6, 6.07) is 14.7. The van der Waals surface area contributed by atoms with Gasteiger partial charge in [0, 0.05) is 36.1 Å². The molecule has 1 heterocycles. The molecule has 0 aliphatic carbocycles. The van der Waals surface area contributed by atoms with Crippen molar-refractivity contribution in [1.29, 1.82) is 0 Å². The quantitative estimate of drug-likeness (QED) is 0.678. The zero-order chi connectivity index (χ0) is 21.3. The number of anilines is 2. The highest BCUT2D eigenvalue weighted by Crippen LogP contribution is 2.20. The monoisotopic (exact) mass is 409 g/mol. The van der Waals surface area contributed by atoms with E-state index in [1.807, 2.05) is 60.4 Å². The van der Waals surface area contributed by atoms with Crippen molar-refractivity contribution in [3.05, 3.63) is 54.1 Å². The van der Waals surface area contributed by atoms with Crippen LogP contribution in [0.15, 0.2) is 48.5 Å². The van der Waals surface area contributed by atoms with Crippen LogP contribution in [0.3, 0.4) is 0 Å².